The summed E-state index contributed by atoms with van der Waals surface area (Å²) in [5.41, 5.74) is 0.495. The quantitative estimate of drug-likeness (QED) is 0.604. The lowest BCUT2D eigenvalue weighted by Gasteiger charge is -2.23. The predicted octanol–water partition coefficient (Wildman–Crippen LogP) is 1.68. The number of hydrogen-bond acceptors (Lipinski definition) is 5. The summed E-state index contributed by atoms with van der Waals surface area (Å²) in [7, 11) is 1.50. The molecule has 0 bridgehead atoms. The Hall–Kier alpha value is -3.81. The zero-order chi connectivity index (χ0) is 21.6. The first-order chi connectivity index (χ1) is 14.3. The minimum absolute atomic E-state index is 0.0640. The number of piperidine rings is 1. The van der Waals surface area contributed by atoms with Gasteiger partial charge in [-0.15, -0.1) is 0 Å². The Morgan fingerprint density at radius 3 is 2.27 bits per heavy atom. The van der Waals surface area contributed by atoms with Gasteiger partial charge in [-0.2, -0.15) is 0 Å². The first kappa shape index (κ1) is 19.5. The Bertz CT molecular complexity index is 1330. The second kappa shape index (κ2) is 7.22. The number of carbonyl (C=O) groups excluding carboxylic acids is 3. The van der Waals surface area contributed by atoms with Crippen LogP contribution in [0.3, 0.4) is 0 Å². The molecule has 4 rings (SSSR count). The van der Waals surface area contributed by atoms with Gasteiger partial charge in [0.1, 0.15) is 0 Å². The average Bonchev–Trinajstić information content (AvgIpc) is 2.73. The molecule has 30 heavy (non-hydrogen) atoms. The zero-order valence-electron chi connectivity index (χ0n) is 16.5. The van der Waals surface area contributed by atoms with E-state index in [1.54, 1.807) is 25.1 Å². The maximum absolute atomic E-state index is 13.1. The van der Waals surface area contributed by atoms with Crippen LogP contribution in [-0.2, 0) is 16.6 Å². The van der Waals surface area contributed by atoms with E-state index in [1.807, 2.05) is 6.07 Å². The highest BCUT2D eigenvalue weighted by Crippen LogP contribution is 2.19. The molecule has 2 heterocycles. The number of rotatable bonds is 2. The number of imide groups is 3. The summed E-state index contributed by atoms with van der Waals surface area (Å²) >= 11 is 0. The summed E-state index contributed by atoms with van der Waals surface area (Å²) in [5.74, 6) is -1.83. The van der Waals surface area contributed by atoms with Gasteiger partial charge in [0.25, 0.3) is 11.5 Å². The van der Waals surface area contributed by atoms with E-state index in [1.165, 1.54) is 29.8 Å². The largest absolute Gasteiger partial charge is 0.335 e. The molecule has 1 saturated heterocycles. The Morgan fingerprint density at radius 2 is 1.60 bits per heavy atom. The summed E-state index contributed by atoms with van der Waals surface area (Å²) in [6.45, 7) is 1.81. The van der Waals surface area contributed by atoms with Crippen LogP contribution in [0.1, 0.15) is 35.2 Å². The smallest absolute Gasteiger partial charge is 0.296 e. The van der Waals surface area contributed by atoms with Gasteiger partial charge >= 0.3 is 5.69 Å². The van der Waals surface area contributed by atoms with Crippen LogP contribution in [0.4, 0.5) is 0 Å². The molecular weight excluding hydrogens is 386 g/mol. The fraction of sp³-hybridized carbons (Fsp3) is 0.227. The molecule has 2 aromatic carbocycles. The molecule has 0 unspecified atom stereocenters. The van der Waals surface area contributed by atoms with Crippen LogP contribution in [0.2, 0.25) is 0 Å². The van der Waals surface area contributed by atoms with Crippen LogP contribution in [0.15, 0.2) is 52.1 Å². The topological polar surface area (TPSA) is 98.4 Å². The number of nitrogens with zero attached hydrogens (tertiary/aromatic N) is 3. The molecule has 1 fully saturated rings. The van der Waals surface area contributed by atoms with Gasteiger partial charge in [-0.05, 0) is 43.2 Å². The van der Waals surface area contributed by atoms with Gasteiger partial charge in [0, 0.05) is 25.5 Å². The summed E-state index contributed by atoms with van der Waals surface area (Å²) < 4.78 is 2.37. The van der Waals surface area contributed by atoms with Crippen molar-refractivity contribution in [1.29, 1.82) is 0 Å². The third-order valence-electron chi connectivity index (χ3n) is 5.36. The third kappa shape index (κ3) is 2.97. The summed E-state index contributed by atoms with van der Waals surface area (Å²) in [6, 6.07) is 11.3. The lowest BCUT2D eigenvalue weighted by molar-refractivity contribution is -0.144. The number of carbonyl (C=O) groups is 3. The first-order valence-corrected chi connectivity index (χ1v) is 9.53. The van der Waals surface area contributed by atoms with Gasteiger partial charge in [-0.25, -0.2) is 14.3 Å². The van der Waals surface area contributed by atoms with Gasteiger partial charge in [0.15, 0.2) is 0 Å². The second-order valence-corrected chi connectivity index (χ2v) is 7.28. The Morgan fingerprint density at radius 1 is 0.933 bits per heavy atom. The molecule has 3 aromatic rings. The van der Waals surface area contributed by atoms with Crippen molar-refractivity contribution < 1.29 is 14.4 Å². The van der Waals surface area contributed by atoms with Gasteiger partial charge < -0.3 is 0 Å². The fourth-order valence-electron chi connectivity index (χ4n) is 3.72. The van der Waals surface area contributed by atoms with E-state index < -0.39 is 29.0 Å². The molecule has 0 radical (unpaired) electrons. The molecule has 8 nitrogen and oxygen atoms in total. The standard InChI is InChI=1S/C22H19N3O5/c1-13-6-3-4-7-16(13)24-21(29)15-11-10-14(12-17(15)23(2)22(24)30)20(28)25-18(26)8-5-9-19(25)27/h3-4,6-7,10-12H,5,8-9H2,1-2H3. The van der Waals surface area contributed by atoms with E-state index in [4.69, 9.17) is 0 Å². The van der Waals surface area contributed by atoms with Crippen LogP contribution in [0.25, 0.3) is 16.6 Å². The van der Waals surface area contributed by atoms with E-state index in [2.05, 4.69) is 0 Å². The van der Waals surface area contributed by atoms with Crippen LogP contribution < -0.4 is 11.2 Å². The number of amides is 3. The van der Waals surface area contributed by atoms with Crippen LogP contribution in [0, 0.1) is 6.92 Å². The lowest BCUT2D eigenvalue weighted by atomic mass is 10.1. The van der Waals surface area contributed by atoms with Crippen molar-refractivity contribution in [3.05, 3.63) is 74.4 Å². The molecule has 152 valence electrons. The van der Waals surface area contributed by atoms with E-state index in [0.717, 1.165) is 10.1 Å². The number of benzene rings is 2. The van der Waals surface area contributed by atoms with Crippen LogP contribution in [0.5, 0.6) is 0 Å². The van der Waals surface area contributed by atoms with Crippen LogP contribution in [-0.4, -0.2) is 31.8 Å². The third-order valence-corrected chi connectivity index (χ3v) is 5.36. The molecule has 1 aliphatic rings. The highest BCUT2D eigenvalue weighted by Gasteiger charge is 2.32. The molecule has 1 aromatic heterocycles. The molecule has 0 N–H and O–H groups in total. The summed E-state index contributed by atoms with van der Waals surface area (Å²) in [4.78, 5) is 63.6. The van der Waals surface area contributed by atoms with Crippen molar-refractivity contribution in [2.24, 2.45) is 7.05 Å². The van der Waals surface area contributed by atoms with E-state index >= 15 is 0 Å². The van der Waals surface area contributed by atoms with E-state index in [0.29, 0.717) is 17.0 Å². The van der Waals surface area contributed by atoms with Crippen molar-refractivity contribution in [2.75, 3.05) is 0 Å². The Labute approximate surface area is 171 Å². The minimum atomic E-state index is -0.748. The minimum Gasteiger partial charge on any atom is -0.296 e. The van der Waals surface area contributed by atoms with Crippen molar-refractivity contribution >= 4 is 28.6 Å². The maximum atomic E-state index is 13.1. The molecule has 0 aliphatic carbocycles. The normalized spacial score (nSPS) is 14.4. The number of fused-ring (bicyclic) bond motifs is 1. The molecule has 0 saturated carbocycles. The molecule has 3 amide bonds. The number of aryl methyl sites for hydroxylation is 2. The van der Waals surface area contributed by atoms with E-state index in [-0.39, 0.29) is 29.3 Å². The van der Waals surface area contributed by atoms with Gasteiger partial charge in [0.2, 0.25) is 11.8 Å². The zero-order valence-corrected chi connectivity index (χ0v) is 16.5. The maximum Gasteiger partial charge on any atom is 0.335 e. The van der Waals surface area contributed by atoms with Gasteiger partial charge in [0.05, 0.1) is 16.6 Å². The van der Waals surface area contributed by atoms with Crippen LogP contribution >= 0.6 is 0 Å². The van der Waals surface area contributed by atoms with Gasteiger partial charge in [-0.3, -0.25) is 23.7 Å². The number of likely N-dealkylation sites (tertiary alicyclic amines) is 1. The molecular formula is C22H19N3O5. The van der Waals surface area contributed by atoms with Crippen molar-refractivity contribution in [3.63, 3.8) is 0 Å². The second-order valence-electron chi connectivity index (χ2n) is 7.28. The Balaban J connectivity index is 1.90. The molecule has 1 aliphatic heterocycles. The SMILES string of the molecule is Cc1ccccc1-n1c(=O)c2ccc(C(=O)N3C(=O)CCCC3=O)cc2n(C)c1=O. The van der Waals surface area contributed by atoms with Crippen molar-refractivity contribution in [3.8, 4) is 5.69 Å². The summed E-state index contributed by atoms with van der Waals surface area (Å²) in [5, 5.41) is 0.244. The highest BCUT2D eigenvalue weighted by atomic mass is 16.2. The number of para-hydroxylation sites is 1. The molecule has 0 spiro atoms. The molecule has 0 atom stereocenters. The van der Waals surface area contributed by atoms with Gasteiger partial charge in [-0.1, -0.05) is 18.2 Å². The first-order valence-electron chi connectivity index (χ1n) is 9.53. The summed E-state index contributed by atoms with van der Waals surface area (Å²) in [6.07, 6.45) is 0.682. The monoisotopic (exact) mass is 405 g/mol. The highest BCUT2D eigenvalue weighted by molar-refractivity contribution is 6.17. The number of aromatic nitrogens is 2. The Kier molecular flexibility index (Phi) is 4.69. The van der Waals surface area contributed by atoms with E-state index in [9.17, 15) is 24.0 Å². The molecule has 8 heteroatoms. The lowest BCUT2D eigenvalue weighted by Crippen LogP contribution is -2.44. The van der Waals surface area contributed by atoms with Crippen molar-refractivity contribution in [1.82, 2.24) is 14.0 Å². The predicted molar refractivity (Wildman–Crippen MR) is 110 cm³/mol. The fourth-order valence-corrected chi connectivity index (χ4v) is 3.72. The number of hydrogen-bond donors (Lipinski definition) is 0. The average molecular weight is 405 g/mol. The van der Waals surface area contributed by atoms with Crippen molar-refractivity contribution in [2.45, 2.75) is 26.2 Å².